The largest absolute Gasteiger partial charge is 0.369 e. The number of unbranched alkanes of at least 4 members (excludes halogenated alkanes) is 1. The van der Waals surface area contributed by atoms with Crippen LogP contribution in [0.25, 0.3) is 0 Å². The van der Waals surface area contributed by atoms with Crippen LogP contribution in [-0.4, -0.2) is 68.1 Å². The van der Waals surface area contributed by atoms with Gasteiger partial charge in [-0.2, -0.15) is 0 Å². The van der Waals surface area contributed by atoms with Crippen LogP contribution in [0.3, 0.4) is 0 Å². The quantitative estimate of drug-likeness (QED) is 0.601. The SMILES string of the molecule is CCCCN(CCN1CCNCC1)CC(N)=O. The van der Waals surface area contributed by atoms with E-state index in [9.17, 15) is 4.79 Å². The van der Waals surface area contributed by atoms with Gasteiger partial charge in [0.2, 0.25) is 5.91 Å². The van der Waals surface area contributed by atoms with Gasteiger partial charge in [-0.15, -0.1) is 0 Å². The predicted molar refractivity (Wildman–Crippen MR) is 69.9 cm³/mol. The smallest absolute Gasteiger partial charge is 0.231 e. The van der Waals surface area contributed by atoms with E-state index in [1.165, 1.54) is 0 Å². The molecule has 1 aliphatic heterocycles. The molecule has 5 heteroatoms. The Morgan fingerprint density at radius 2 is 2.06 bits per heavy atom. The second-order valence-electron chi connectivity index (χ2n) is 4.69. The van der Waals surface area contributed by atoms with Gasteiger partial charge in [0.05, 0.1) is 6.54 Å². The summed E-state index contributed by atoms with van der Waals surface area (Å²) >= 11 is 0. The summed E-state index contributed by atoms with van der Waals surface area (Å²) in [6, 6.07) is 0. The van der Waals surface area contributed by atoms with Gasteiger partial charge in [-0.25, -0.2) is 0 Å². The van der Waals surface area contributed by atoms with E-state index in [0.717, 1.165) is 58.7 Å². The van der Waals surface area contributed by atoms with Gasteiger partial charge in [0.1, 0.15) is 0 Å². The number of carbonyl (C=O) groups is 1. The van der Waals surface area contributed by atoms with E-state index in [4.69, 9.17) is 5.73 Å². The number of nitrogens with one attached hydrogen (secondary N) is 1. The van der Waals surface area contributed by atoms with Crippen molar-refractivity contribution in [3.8, 4) is 0 Å². The van der Waals surface area contributed by atoms with Crippen molar-refractivity contribution in [1.29, 1.82) is 0 Å². The average molecular weight is 242 g/mol. The van der Waals surface area contributed by atoms with Crippen molar-refractivity contribution in [2.75, 3.05) is 52.4 Å². The molecule has 3 N–H and O–H groups in total. The summed E-state index contributed by atoms with van der Waals surface area (Å²) in [5.74, 6) is -0.221. The van der Waals surface area contributed by atoms with Crippen molar-refractivity contribution in [1.82, 2.24) is 15.1 Å². The average Bonchev–Trinajstić information content (AvgIpc) is 2.33. The van der Waals surface area contributed by atoms with Crippen LogP contribution in [-0.2, 0) is 4.79 Å². The van der Waals surface area contributed by atoms with E-state index >= 15 is 0 Å². The zero-order valence-electron chi connectivity index (χ0n) is 11.0. The second-order valence-corrected chi connectivity index (χ2v) is 4.69. The van der Waals surface area contributed by atoms with Crippen LogP contribution in [0.4, 0.5) is 0 Å². The highest BCUT2D eigenvalue weighted by molar-refractivity contribution is 5.75. The number of hydrogen-bond acceptors (Lipinski definition) is 4. The van der Waals surface area contributed by atoms with Crippen molar-refractivity contribution in [2.24, 2.45) is 5.73 Å². The van der Waals surface area contributed by atoms with Crippen LogP contribution in [0.1, 0.15) is 19.8 Å². The molecule has 1 rings (SSSR count). The lowest BCUT2D eigenvalue weighted by Gasteiger charge is -2.30. The molecule has 0 aromatic carbocycles. The van der Waals surface area contributed by atoms with Gasteiger partial charge >= 0.3 is 0 Å². The molecule has 1 saturated heterocycles. The third-order valence-corrected chi connectivity index (χ3v) is 3.15. The summed E-state index contributed by atoms with van der Waals surface area (Å²) in [4.78, 5) is 15.6. The van der Waals surface area contributed by atoms with Gasteiger partial charge in [0.25, 0.3) is 0 Å². The summed E-state index contributed by atoms with van der Waals surface area (Å²) < 4.78 is 0. The normalized spacial score (nSPS) is 17.5. The fourth-order valence-electron chi connectivity index (χ4n) is 2.09. The number of carbonyl (C=O) groups excluding carboxylic acids is 1. The minimum Gasteiger partial charge on any atom is -0.369 e. The van der Waals surface area contributed by atoms with E-state index in [1.54, 1.807) is 0 Å². The molecular formula is C12H26N4O. The highest BCUT2D eigenvalue weighted by atomic mass is 16.1. The van der Waals surface area contributed by atoms with Gasteiger partial charge in [0.15, 0.2) is 0 Å². The number of hydrogen-bond donors (Lipinski definition) is 2. The molecule has 1 heterocycles. The molecule has 100 valence electrons. The van der Waals surface area contributed by atoms with E-state index < -0.39 is 0 Å². The maximum Gasteiger partial charge on any atom is 0.231 e. The van der Waals surface area contributed by atoms with Gasteiger partial charge in [0, 0.05) is 39.3 Å². The minimum atomic E-state index is -0.221. The standard InChI is InChI=1S/C12H26N4O/c1-2-3-6-16(11-12(13)17)10-9-15-7-4-14-5-8-15/h14H,2-11H2,1H3,(H2,13,17). The molecule has 17 heavy (non-hydrogen) atoms. The van der Waals surface area contributed by atoms with E-state index in [0.29, 0.717) is 6.54 Å². The Kier molecular flexibility index (Phi) is 7.16. The highest BCUT2D eigenvalue weighted by Crippen LogP contribution is 1.97. The minimum absolute atomic E-state index is 0.221. The summed E-state index contributed by atoms with van der Waals surface area (Å²) in [7, 11) is 0. The van der Waals surface area contributed by atoms with Crippen molar-refractivity contribution in [3.05, 3.63) is 0 Å². The third-order valence-electron chi connectivity index (χ3n) is 3.15. The molecule has 1 amide bonds. The molecule has 5 nitrogen and oxygen atoms in total. The number of nitrogens with zero attached hydrogens (tertiary/aromatic N) is 2. The topological polar surface area (TPSA) is 61.6 Å². The summed E-state index contributed by atoms with van der Waals surface area (Å²) in [6.07, 6.45) is 2.29. The maximum atomic E-state index is 11.0. The van der Waals surface area contributed by atoms with Crippen LogP contribution >= 0.6 is 0 Å². The first-order valence-corrected chi connectivity index (χ1v) is 6.66. The van der Waals surface area contributed by atoms with E-state index in [2.05, 4.69) is 22.0 Å². The van der Waals surface area contributed by atoms with Crippen molar-refractivity contribution >= 4 is 5.91 Å². The fraction of sp³-hybridized carbons (Fsp3) is 0.917. The fourth-order valence-corrected chi connectivity index (χ4v) is 2.09. The summed E-state index contributed by atoms with van der Waals surface area (Å²) in [5, 5.41) is 3.34. The maximum absolute atomic E-state index is 11.0. The van der Waals surface area contributed by atoms with E-state index in [1.807, 2.05) is 0 Å². The lowest BCUT2D eigenvalue weighted by atomic mass is 10.3. The molecule has 1 aliphatic rings. The molecule has 0 aromatic rings. The second kappa shape index (κ2) is 8.44. The van der Waals surface area contributed by atoms with Crippen LogP contribution in [0, 0.1) is 0 Å². The number of nitrogens with two attached hydrogens (primary N) is 1. The zero-order valence-corrected chi connectivity index (χ0v) is 11.0. The first kappa shape index (κ1) is 14.4. The van der Waals surface area contributed by atoms with Crippen LogP contribution in [0.2, 0.25) is 0 Å². The number of piperazine rings is 1. The molecule has 0 radical (unpaired) electrons. The first-order chi connectivity index (χ1) is 8.22. The van der Waals surface area contributed by atoms with Crippen molar-refractivity contribution < 1.29 is 4.79 Å². The Morgan fingerprint density at radius 3 is 2.65 bits per heavy atom. The number of amides is 1. The number of rotatable bonds is 8. The predicted octanol–water partition coefficient (Wildman–Crippen LogP) is -0.521. The Balaban J connectivity index is 2.23. The Bertz CT molecular complexity index is 217. The molecule has 0 saturated carbocycles. The van der Waals surface area contributed by atoms with Crippen molar-refractivity contribution in [2.45, 2.75) is 19.8 Å². The van der Waals surface area contributed by atoms with Crippen molar-refractivity contribution in [3.63, 3.8) is 0 Å². The molecule has 0 aliphatic carbocycles. The monoisotopic (exact) mass is 242 g/mol. The van der Waals surface area contributed by atoms with Crippen LogP contribution in [0.5, 0.6) is 0 Å². The van der Waals surface area contributed by atoms with Crippen LogP contribution < -0.4 is 11.1 Å². The number of primary amides is 1. The summed E-state index contributed by atoms with van der Waals surface area (Å²) in [5.41, 5.74) is 5.27. The molecule has 0 atom stereocenters. The van der Waals surface area contributed by atoms with Gasteiger partial charge in [-0.3, -0.25) is 14.6 Å². The lowest BCUT2D eigenvalue weighted by molar-refractivity contribution is -0.119. The lowest BCUT2D eigenvalue weighted by Crippen LogP contribution is -2.47. The Hall–Kier alpha value is -0.650. The Morgan fingerprint density at radius 1 is 1.35 bits per heavy atom. The molecule has 0 unspecified atom stereocenters. The Labute approximate surface area is 104 Å². The third kappa shape index (κ3) is 6.61. The molecule has 0 bridgehead atoms. The molecule has 1 fully saturated rings. The van der Waals surface area contributed by atoms with Gasteiger partial charge in [-0.1, -0.05) is 13.3 Å². The van der Waals surface area contributed by atoms with Gasteiger partial charge in [-0.05, 0) is 13.0 Å². The zero-order chi connectivity index (χ0) is 12.5. The van der Waals surface area contributed by atoms with Gasteiger partial charge < -0.3 is 11.1 Å². The first-order valence-electron chi connectivity index (χ1n) is 6.66. The molecular weight excluding hydrogens is 216 g/mol. The summed E-state index contributed by atoms with van der Waals surface area (Å²) in [6.45, 7) is 9.89. The molecule has 0 aromatic heterocycles. The van der Waals surface area contributed by atoms with E-state index in [-0.39, 0.29) is 5.91 Å². The van der Waals surface area contributed by atoms with Crippen LogP contribution in [0.15, 0.2) is 0 Å². The molecule has 0 spiro atoms. The highest BCUT2D eigenvalue weighted by Gasteiger charge is 2.12.